The Morgan fingerprint density at radius 1 is 1.40 bits per heavy atom. The van der Waals surface area contributed by atoms with E-state index in [2.05, 4.69) is 11.1 Å². The maximum atomic E-state index is 12.0. The summed E-state index contributed by atoms with van der Waals surface area (Å²) in [7, 11) is 0. The Kier molecular flexibility index (Phi) is 6.63. The molecular formula is C19H27N3O3. The van der Waals surface area contributed by atoms with Gasteiger partial charge in [-0.2, -0.15) is 5.26 Å². The number of pyridine rings is 1. The Labute approximate surface area is 149 Å². The molecule has 2 heterocycles. The van der Waals surface area contributed by atoms with Crippen molar-refractivity contribution in [1.29, 1.82) is 5.26 Å². The number of carbonyl (C=O) groups excluding carboxylic acids is 1. The molecule has 1 aromatic heterocycles. The molecule has 1 fully saturated rings. The summed E-state index contributed by atoms with van der Waals surface area (Å²) in [5, 5.41) is 8.86. The van der Waals surface area contributed by atoms with Crippen molar-refractivity contribution in [3.8, 4) is 11.9 Å². The molecule has 1 aliphatic rings. The summed E-state index contributed by atoms with van der Waals surface area (Å²) in [6.07, 6.45) is 5.39. The Balaban J connectivity index is 1.64. The predicted octanol–water partition coefficient (Wildman–Crippen LogP) is 3.76. The van der Waals surface area contributed by atoms with Crippen molar-refractivity contribution in [1.82, 2.24) is 9.88 Å². The third-order valence-electron chi connectivity index (χ3n) is 4.14. The number of rotatable bonds is 5. The number of likely N-dealkylation sites (tertiary alicyclic amines) is 1. The van der Waals surface area contributed by atoms with Crippen LogP contribution in [0, 0.1) is 17.2 Å². The third-order valence-corrected chi connectivity index (χ3v) is 4.14. The van der Waals surface area contributed by atoms with Crippen LogP contribution in [0.15, 0.2) is 18.3 Å². The quantitative estimate of drug-likeness (QED) is 0.760. The van der Waals surface area contributed by atoms with E-state index in [1.807, 2.05) is 20.8 Å². The zero-order chi connectivity index (χ0) is 18.3. The molecule has 2 rings (SSSR count). The van der Waals surface area contributed by atoms with Crippen molar-refractivity contribution in [2.24, 2.45) is 5.92 Å². The summed E-state index contributed by atoms with van der Waals surface area (Å²) < 4.78 is 11.0. The molecule has 0 aliphatic carbocycles. The minimum atomic E-state index is -0.442. The molecule has 0 N–H and O–H groups in total. The van der Waals surface area contributed by atoms with E-state index in [4.69, 9.17) is 14.7 Å². The molecular weight excluding hydrogens is 318 g/mol. The second-order valence-corrected chi connectivity index (χ2v) is 7.40. The molecule has 1 amide bonds. The van der Waals surface area contributed by atoms with Gasteiger partial charge >= 0.3 is 6.09 Å². The van der Waals surface area contributed by atoms with Gasteiger partial charge < -0.3 is 14.4 Å². The summed E-state index contributed by atoms with van der Waals surface area (Å²) in [5.41, 5.74) is 0.113. The van der Waals surface area contributed by atoms with Crippen LogP contribution in [-0.2, 0) is 4.74 Å². The largest absolute Gasteiger partial charge is 0.478 e. The number of hydrogen-bond donors (Lipinski definition) is 0. The summed E-state index contributed by atoms with van der Waals surface area (Å²) in [6.45, 7) is 7.77. The lowest BCUT2D eigenvalue weighted by Crippen LogP contribution is -2.41. The standard InChI is InChI=1S/C19H27N3O3/c1-19(2,3)25-18(23)22-10-7-15(8-11-22)5-4-12-24-17-13-16(14-20)6-9-21-17/h6,9,13,15H,4-5,7-8,10-12H2,1-3H3. The number of ether oxygens (including phenoxy) is 2. The first-order valence-corrected chi connectivity index (χ1v) is 8.84. The van der Waals surface area contributed by atoms with E-state index in [0.717, 1.165) is 38.8 Å². The lowest BCUT2D eigenvalue weighted by atomic mass is 9.92. The molecule has 0 atom stereocenters. The molecule has 1 aromatic rings. The first-order valence-electron chi connectivity index (χ1n) is 8.84. The molecule has 1 aliphatic heterocycles. The number of aromatic nitrogens is 1. The van der Waals surface area contributed by atoms with Gasteiger partial charge in [0.15, 0.2) is 0 Å². The zero-order valence-corrected chi connectivity index (χ0v) is 15.3. The first kappa shape index (κ1) is 19.0. The van der Waals surface area contributed by atoms with Crippen molar-refractivity contribution in [2.75, 3.05) is 19.7 Å². The minimum absolute atomic E-state index is 0.210. The fourth-order valence-electron chi connectivity index (χ4n) is 2.84. The Hall–Kier alpha value is -2.29. The molecule has 0 spiro atoms. The number of carbonyl (C=O) groups is 1. The van der Waals surface area contributed by atoms with Crippen LogP contribution in [0.25, 0.3) is 0 Å². The highest BCUT2D eigenvalue weighted by molar-refractivity contribution is 5.68. The van der Waals surface area contributed by atoms with E-state index in [0.29, 0.717) is 24.0 Å². The molecule has 0 bridgehead atoms. The fraction of sp³-hybridized carbons (Fsp3) is 0.632. The van der Waals surface area contributed by atoms with E-state index < -0.39 is 5.60 Å². The van der Waals surface area contributed by atoms with Crippen LogP contribution < -0.4 is 4.74 Å². The second kappa shape index (κ2) is 8.70. The predicted molar refractivity (Wildman–Crippen MR) is 94.2 cm³/mol. The van der Waals surface area contributed by atoms with Crippen LogP contribution in [0.4, 0.5) is 4.79 Å². The van der Waals surface area contributed by atoms with Gasteiger partial charge in [0.1, 0.15) is 5.60 Å². The van der Waals surface area contributed by atoms with Crippen LogP contribution >= 0.6 is 0 Å². The first-order chi connectivity index (χ1) is 11.9. The molecule has 136 valence electrons. The molecule has 0 aromatic carbocycles. The summed E-state index contributed by atoms with van der Waals surface area (Å²) in [4.78, 5) is 17.9. The van der Waals surface area contributed by atoms with Gasteiger partial charge in [-0.3, -0.25) is 0 Å². The second-order valence-electron chi connectivity index (χ2n) is 7.40. The fourth-order valence-corrected chi connectivity index (χ4v) is 2.84. The maximum absolute atomic E-state index is 12.0. The molecule has 1 saturated heterocycles. The van der Waals surface area contributed by atoms with Gasteiger partial charge in [-0.25, -0.2) is 9.78 Å². The molecule has 25 heavy (non-hydrogen) atoms. The average molecular weight is 345 g/mol. The van der Waals surface area contributed by atoms with Gasteiger partial charge in [0.05, 0.1) is 18.2 Å². The molecule has 0 unspecified atom stereocenters. The monoisotopic (exact) mass is 345 g/mol. The molecule has 0 radical (unpaired) electrons. The van der Waals surface area contributed by atoms with Gasteiger partial charge in [0, 0.05) is 25.4 Å². The average Bonchev–Trinajstić information content (AvgIpc) is 2.58. The summed E-state index contributed by atoms with van der Waals surface area (Å²) >= 11 is 0. The van der Waals surface area contributed by atoms with Crippen molar-refractivity contribution < 1.29 is 14.3 Å². The highest BCUT2D eigenvalue weighted by Gasteiger charge is 2.26. The zero-order valence-electron chi connectivity index (χ0n) is 15.3. The smallest absolute Gasteiger partial charge is 0.410 e. The number of nitriles is 1. The number of piperidine rings is 1. The summed E-state index contributed by atoms with van der Waals surface area (Å²) in [5.74, 6) is 1.11. The van der Waals surface area contributed by atoms with Crippen molar-refractivity contribution in [3.05, 3.63) is 23.9 Å². The van der Waals surface area contributed by atoms with E-state index in [1.165, 1.54) is 0 Å². The van der Waals surface area contributed by atoms with Crippen LogP contribution in [0.5, 0.6) is 5.88 Å². The van der Waals surface area contributed by atoms with E-state index >= 15 is 0 Å². The summed E-state index contributed by atoms with van der Waals surface area (Å²) in [6, 6.07) is 5.38. The highest BCUT2D eigenvalue weighted by atomic mass is 16.6. The maximum Gasteiger partial charge on any atom is 0.410 e. The molecule has 6 nitrogen and oxygen atoms in total. The molecule has 6 heteroatoms. The van der Waals surface area contributed by atoms with Gasteiger partial charge in [-0.05, 0) is 58.4 Å². The number of hydrogen-bond acceptors (Lipinski definition) is 5. The van der Waals surface area contributed by atoms with E-state index in [1.54, 1.807) is 23.2 Å². The van der Waals surface area contributed by atoms with Crippen LogP contribution in [-0.4, -0.2) is 41.3 Å². The lowest BCUT2D eigenvalue weighted by Gasteiger charge is -2.33. The van der Waals surface area contributed by atoms with E-state index in [9.17, 15) is 4.79 Å². The Bertz CT molecular complexity index is 611. The number of nitrogens with zero attached hydrogens (tertiary/aromatic N) is 3. The van der Waals surface area contributed by atoms with Gasteiger partial charge in [0.2, 0.25) is 5.88 Å². The van der Waals surface area contributed by atoms with Gasteiger partial charge in [0.25, 0.3) is 0 Å². The third kappa shape index (κ3) is 6.61. The highest BCUT2D eigenvalue weighted by Crippen LogP contribution is 2.23. The minimum Gasteiger partial charge on any atom is -0.478 e. The van der Waals surface area contributed by atoms with Crippen molar-refractivity contribution in [3.63, 3.8) is 0 Å². The van der Waals surface area contributed by atoms with Gasteiger partial charge in [-0.1, -0.05) is 0 Å². The normalized spacial score (nSPS) is 15.5. The Morgan fingerprint density at radius 2 is 2.12 bits per heavy atom. The van der Waals surface area contributed by atoms with E-state index in [-0.39, 0.29) is 6.09 Å². The van der Waals surface area contributed by atoms with Crippen molar-refractivity contribution in [2.45, 2.75) is 52.1 Å². The van der Waals surface area contributed by atoms with Crippen LogP contribution in [0.3, 0.4) is 0 Å². The van der Waals surface area contributed by atoms with Crippen LogP contribution in [0.1, 0.15) is 52.0 Å². The van der Waals surface area contributed by atoms with Crippen molar-refractivity contribution >= 4 is 6.09 Å². The lowest BCUT2D eigenvalue weighted by molar-refractivity contribution is 0.0179. The number of amides is 1. The Morgan fingerprint density at radius 3 is 2.76 bits per heavy atom. The molecule has 0 saturated carbocycles. The SMILES string of the molecule is CC(C)(C)OC(=O)N1CCC(CCCOc2cc(C#N)ccn2)CC1. The van der Waals surface area contributed by atoms with Gasteiger partial charge in [-0.15, -0.1) is 0 Å². The topological polar surface area (TPSA) is 75.4 Å². The van der Waals surface area contributed by atoms with Crippen LogP contribution in [0.2, 0.25) is 0 Å².